The van der Waals surface area contributed by atoms with Gasteiger partial charge in [0, 0.05) is 24.2 Å². The molecule has 25 heavy (non-hydrogen) atoms. The van der Waals surface area contributed by atoms with E-state index in [0.29, 0.717) is 0 Å². The van der Waals surface area contributed by atoms with E-state index >= 15 is 0 Å². The largest absolute Gasteiger partial charge is 0.279 e. The van der Waals surface area contributed by atoms with Crippen molar-refractivity contribution in [2.24, 2.45) is 10.3 Å². The second kappa shape index (κ2) is 8.48. The molecule has 0 saturated carbocycles. The minimum Gasteiger partial charge on any atom is -0.279 e. The predicted molar refractivity (Wildman–Crippen MR) is 105 cm³/mol. The molecule has 0 aromatic heterocycles. The van der Waals surface area contributed by atoms with Gasteiger partial charge in [-0.25, -0.2) is 0 Å². The maximum absolute atomic E-state index is 4.24. The second-order valence-corrected chi connectivity index (χ2v) is 6.95. The van der Waals surface area contributed by atoms with E-state index in [9.17, 15) is 0 Å². The highest BCUT2D eigenvalue weighted by molar-refractivity contribution is 5.47. The van der Waals surface area contributed by atoms with Gasteiger partial charge in [-0.2, -0.15) is 0 Å². The zero-order chi connectivity index (χ0) is 18.3. The molecule has 2 aromatic rings. The van der Waals surface area contributed by atoms with Gasteiger partial charge in [-0.15, -0.1) is 5.11 Å². The van der Waals surface area contributed by atoms with Crippen LogP contribution in [-0.2, 0) is 5.41 Å². The Kier molecular flexibility index (Phi) is 6.36. The van der Waals surface area contributed by atoms with Crippen LogP contribution in [0.15, 0.2) is 58.9 Å². The smallest absolute Gasteiger partial charge is 0.0875 e. The van der Waals surface area contributed by atoms with E-state index in [0.717, 1.165) is 29.9 Å². The third-order valence-corrected chi connectivity index (χ3v) is 3.99. The molecule has 0 N–H and O–H groups in total. The molecule has 0 atom stereocenters. The first-order valence-corrected chi connectivity index (χ1v) is 8.81. The lowest BCUT2D eigenvalue weighted by Crippen LogP contribution is -2.14. The van der Waals surface area contributed by atoms with Gasteiger partial charge in [0.05, 0.1) is 5.69 Å². The molecule has 2 rings (SSSR count). The number of rotatable bonds is 4. The first-order chi connectivity index (χ1) is 11.9. The molecule has 0 amide bonds. The fourth-order valence-corrected chi connectivity index (χ4v) is 2.27. The first kappa shape index (κ1) is 18.7. The lowest BCUT2D eigenvalue weighted by Gasteiger charge is -2.18. The maximum atomic E-state index is 4.24. The summed E-state index contributed by atoms with van der Waals surface area (Å²) < 4.78 is 0. The Labute approximate surface area is 151 Å². The fourth-order valence-electron chi connectivity index (χ4n) is 2.27. The van der Waals surface area contributed by atoms with Crippen molar-refractivity contribution in [2.45, 2.75) is 40.0 Å². The van der Waals surface area contributed by atoms with Crippen LogP contribution in [0.1, 0.15) is 51.3 Å². The van der Waals surface area contributed by atoms with Crippen molar-refractivity contribution < 1.29 is 0 Å². The number of benzene rings is 2. The van der Waals surface area contributed by atoms with Crippen LogP contribution in [0.3, 0.4) is 0 Å². The number of nitrogens with zero attached hydrogens (tertiary/aromatic N) is 3. The van der Waals surface area contributed by atoms with Gasteiger partial charge >= 0.3 is 0 Å². The summed E-state index contributed by atoms with van der Waals surface area (Å²) in [5.41, 5.74) is 4.33. The van der Waals surface area contributed by atoms with Crippen LogP contribution in [0, 0.1) is 11.8 Å². The summed E-state index contributed by atoms with van der Waals surface area (Å²) in [6.45, 7) is 12.5. The molecule has 0 fully saturated rings. The highest BCUT2D eigenvalue weighted by Crippen LogP contribution is 2.22. The standard InChI is InChI=1S/C22H27N3/c1-6-25(7-2)24-23-21-16-12-19(13-17-21)9-8-18-10-14-20(15-11-18)22(3,4)5/h10-17H,6-7H2,1-5H3. The van der Waals surface area contributed by atoms with Gasteiger partial charge in [-0.3, -0.25) is 5.01 Å². The van der Waals surface area contributed by atoms with Crippen LogP contribution < -0.4 is 0 Å². The van der Waals surface area contributed by atoms with E-state index < -0.39 is 0 Å². The Balaban J connectivity index is 2.06. The van der Waals surface area contributed by atoms with Gasteiger partial charge in [-0.1, -0.05) is 50.0 Å². The second-order valence-electron chi connectivity index (χ2n) is 6.95. The molecule has 130 valence electrons. The Morgan fingerprint density at radius 2 is 1.28 bits per heavy atom. The molecule has 2 aromatic carbocycles. The van der Waals surface area contributed by atoms with E-state index in [1.807, 2.05) is 29.3 Å². The third-order valence-electron chi connectivity index (χ3n) is 3.99. The van der Waals surface area contributed by atoms with Gasteiger partial charge in [0.25, 0.3) is 0 Å². The van der Waals surface area contributed by atoms with Gasteiger partial charge in [0.15, 0.2) is 0 Å². The summed E-state index contributed by atoms with van der Waals surface area (Å²) in [7, 11) is 0. The molecule has 0 heterocycles. The summed E-state index contributed by atoms with van der Waals surface area (Å²) in [5.74, 6) is 6.42. The van der Waals surface area contributed by atoms with Crippen LogP contribution in [0.2, 0.25) is 0 Å². The van der Waals surface area contributed by atoms with Crippen LogP contribution >= 0.6 is 0 Å². The SMILES string of the molecule is CCN(CC)N=Nc1ccc(C#Cc2ccc(C(C)(C)C)cc2)cc1. The van der Waals surface area contributed by atoms with Crippen LogP contribution in [0.5, 0.6) is 0 Å². The van der Waals surface area contributed by atoms with Crippen LogP contribution in [0.4, 0.5) is 5.69 Å². The molecular weight excluding hydrogens is 306 g/mol. The van der Waals surface area contributed by atoms with Crippen molar-refractivity contribution in [1.29, 1.82) is 0 Å². The Morgan fingerprint density at radius 3 is 1.72 bits per heavy atom. The van der Waals surface area contributed by atoms with Gasteiger partial charge in [0.2, 0.25) is 0 Å². The molecule has 0 bridgehead atoms. The number of hydrogen-bond donors (Lipinski definition) is 0. The molecule has 3 heteroatoms. The predicted octanol–water partition coefficient (Wildman–Crippen LogP) is 5.72. The maximum Gasteiger partial charge on any atom is 0.0875 e. The van der Waals surface area contributed by atoms with E-state index in [-0.39, 0.29) is 5.41 Å². The van der Waals surface area contributed by atoms with Gasteiger partial charge in [-0.05, 0) is 61.2 Å². The zero-order valence-corrected chi connectivity index (χ0v) is 15.9. The molecule has 0 spiro atoms. The van der Waals surface area contributed by atoms with E-state index in [4.69, 9.17) is 0 Å². The topological polar surface area (TPSA) is 28.0 Å². The van der Waals surface area contributed by atoms with Crippen molar-refractivity contribution in [3.05, 3.63) is 65.2 Å². The highest BCUT2D eigenvalue weighted by Gasteiger charge is 2.12. The lowest BCUT2D eigenvalue weighted by atomic mass is 9.87. The molecule has 0 aliphatic rings. The normalized spacial score (nSPS) is 11.2. The highest BCUT2D eigenvalue weighted by atomic mass is 15.5. The van der Waals surface area contributed by atoms with Crippen molar-refractivity contribution in [2.75, 3.05) is 13.1 Å². The number of hydrogen-bond acceptors (Lipinski definition) is 2. The molecule has 0 unspecified atom stereocenters. The fraction of sp³-hybridized carbons (Fsp3) is 0.364. The van der Waals surface area contributed by atoms with E-state index in [1.165, 1.54) is 5.56 Å². The van der Waals surface area contributed by atoms with Crippen molar-refractivity contribution in [3.8, 4) is 11.8 Å². The summed E-state index contributed by atoms with van der Waals surface area (Å²) in [4.78, 5) is 0. The quantitative estimate of drug-likeness (QED) is 0.399. The van der Waals surface area contributed by atoms with Crippen LogP contribution in [-0.4, -0.2) is 18.1 Å². The third kappa shape index (κ3) is 5.76. The summed E-state index contributed by atoms with van der Waals surface area (Å²) >= 11 is 0. The minimum atomic E-state index is 0.168. The summed E-state index contributed by atoms with van der Waals surface area (Å²) in [6, 6.07) is 16.3. The first-order valence-electron chi connectivity index (χ1n) is 8.81. The Bertz CT molecular complexity index is 750. The molecule has 0 saturated heterocycles. The molecular formula is C22H27N3. The summed E-state index contributed by atoms with van der Waals surface area (Å²) in [6.07, 6.45) is 0. The lowest BCUT2D eigenvalue weighted by molar-refractivity contribution is 0.301. The van der Waals surface area contributed by atoms with Crippen molar-refractivity contribution in [3.63, 3.8) is 0 Å². The zero-order valence-electron chi connectivity index (χ0n) is 15.9. The molecule has 0 aliphatic heterocycles. The monoisotopic (exact) mass is 333 g/mol. The average Bonchev–Trinajstić information content (AvgIpc) is 2.61. The van der Waals surface area contributed by atoms with E-state index in [1.54, 1.807) is 0 Å². The van der Waals surface area contributed by atoms with E-state index in [2.05, 4.69) is 81.1 Å². The van der Waals surface area contributed by atoms with Crippen molar-refractivity contribution >= 4 is 5.69 Å². The Hall–Kier alpha value is -2.60. The van der Waals surface area contributed by atoms with Crippen molar-refractivity contribution in [1.82, 2.24) is 5.01 Å². The van der Waals surface area contributed by atoms with Gasteiger partial charge < -0.3 is 0 Å². The molecule has 0 aliphatic carbocycles. The average molecular weight is 333 g/mol. The molecule has 3 nitrogen and oxygen atoms in total. The van der Waals surface area contributed by atoms with Gasteiger partial charge in [0.1, 0.15) is 0 Å². The molecule has 0 radical (unpaired) electrons. The minimum absolute atomic E-state index is 0.168. The van der Waals surface area contributed by atoms with Crippen LogP contribution in [0.25, 0.3) is 0 Å². The Morgan fingerprint density at radius 1 is 0.800 bits per heavy atom. The summed E-state index contributed by atoms with van der Waals surface area (Å²) in [5, 5.41) is 10.4.